The van der Waals surface area contributed by atoms with Crippen LogP contribution in [-0.4, -0.2) is 13.6 Å². The van der Waals surface area contributed by atoms with Gasteiger partial charge in [0, 0.05) is 9.64 Å². The van der Waals surface area contributed by atoms with Crippen LogP contribution >= 0.6 is 22.6 Å². The van der Waals surface area contributed by atoms with Crippen molar-refractivity contribution in [3.8, 4) is 0 Å². The number of hydrogen-bond acceptors (Lipinski definition) is 4. The van der Waals surface area contributed by atoms with Crippen molar-refractivity contribution in [2.24, 2.45) is 0 Å². The van der Waals surface area contributed by atoms with Crippen LogP contribution in [0.1, 0.15) is 11.5 Å². The smallest absolute Gasteiger partial charge is 0.240 e. The van der Waals surface area contributed by atoms with Crippen molar-refractivity contribution in [3.05, 3.63) is 45.4 Å². The molecule has 0 aliphatic rings. The molecule has 1 aromatic heterocycles. The Morgan fingerprint density at radius 1 is 1.33 bits per heavy atom. The highest BCUT2D eigenvalue weighted by Crippen LogP contribution is 2.12. The van der Waals surface area contributed by atoms with Gasteiger partial charge in [-0.1, -0.05) is 5.16 Å². The minimum Gasteiger partial charge on any atom is -0.360 e. The maximum absolute atomic E-state index is 11.9. The summed E-state index contributed by atoms with van der Waals surface area (Å²) >= 11 is 2.12. The molecule has 0 aliphatic heterocycles. The van der Waals surface area contributed by atoms with Gasteiger partial charge in [-0.2, -0.15) is 0 Å². The molecule has 1 aromatic carbocycles. The van der Waals surface area contributed by atoms with Crippen LogP contribution in [0, 0.1) is 10.5 Å². The number of halogens is 1. The largest absolute Gasteiger partial charge is 0.360 e. The molecular formula is C11H11IN2O3S. The standard InChI is InChI=1S/C11H11IN2O3S/c1-8-6-10(17-14-8)7-13-18(15,16)11-4-2-9(12)3-5-11/h2-6,13H,7H2,1H3. The third-order valence-corrected chi connectivity index (χ3v) is 4.37. The van der Waals surface area contributed by atoms with Crippen molar-refractivity contribution in [3.63, 3.8) is 0 Å². The van der Waals surface area contributed by atoms with Gasteiger partial charge in [-0.15, -0.1) is 0 Å². The molecule has 0 saturated carbocycles. The molecule has 2 rings (SSSR count). The van der Waals surface area contributed by atoms with Gasteiger partial charge in [0.25, 0.3) is 0 Å². The Labute approximate surface area is 119 Å². The van der Waals surface area contributed by atoms with E-state index in [4.69, 9.17) is 4.52 Å². The van der Waals surface area contributed by atoms with E-state index >= 15 is 0 Å². The summed E-state index contributed by atoms with van der Waals surface area (Å²) in [5.41, 5.74) is 0.721. The Morgan fingerprint density at radius 2 is 2.00 bits per heavy atom. The topological polar surface area (TPSA) is 72.2 Å². The maximum atomic E-state index is 11.9. The summed E-state index contributed by atoms with van der Waals surface area (Å²) in [5.74, 6) is 0.488. The summed E-state index contributed by atoms with van der Waals surface area (Å²) in [6.07, 6.45) is 0. The monoisotopic (exact) mass is 378 g/mol. The fourth-order valence-corrected chi connectivity index (χ4v) is 2.72. The third-order valence-electron chi connectivity index (χ3n) is 2.24. The first-order valence-electron chi connectivity index (χ1n) is 5.15. The maximum Gasteiger partial charge on any atom is 0.240 e. The lowest BCUT2D eigenvalue weighted by atomic mass is 10.4. The van der Waals surface area contributed by atoms with Gasteiger partial charge in [-0.05, 0) is 53.8 Å². The molecular weight excluding hydrogens is 367 g/mol. The zero-order valence-electron chi connectivity index (χ0n) is 9.55. The number of rotatable bonds is 4. The van der Waals surface area contributed by atoms with Crippen LogP contribution in [0.2, 0.25) is 0 Å². The van der Waals surface area contributed by atoms with Crippen molar-refractivity contribution in [2.75, 3.05) is 0 Å². The molecule has 0 amide bonds. The first-order chi connectivity index (χ1) is 8.47. The molecule has 5 nitrogen and oxygen atoms in total. The third kappa shape index (κ3) is 3.30. The predicted molar refractivity (Wildman–Crippen MR) is 74.4 cm³/mol. The van der Waals surface area contributed by atoms with Gasteiger partial charge in [-0.25, -0.2) is 13.1 Å². The van der Waals surface area contributed by atoms with E-state index in [9.17, 15) is 8.42 Å². The molecule has 7 heteroatoms. The average Bonchev–Trinajstić information content (AvgIpc) is 2.73. The van der Waals surface area contributed by atoms with Gasteiger partial charge in [-0.3, -0.25) is 0 Å². The van der Waals surface area contributed by atoms with Crippen molar-refractivity contribution in [2.45, 2.75) is 18.4 Å². The minimum absolute atomic E-state index is 0.0924. The Hall–Kier alpha value is -0.930. The Kier molecular flexibility index (Phi) is 4.03. The van der Waals surface area contributed by atoms with Gasteiger partial charge < -0.3 is 4.52 Å². The molecule has 0 saturated heterocycles. The van der Waals surface area contributed by atoms with Gasteiger partial charge in [0.15, 0.2) is 5.76 Å². The van der Waals surface area contributed by atoms with Crippen molar-refractivity contribution < 1.29 is 12.9 Å². The quantitative estimate of drug-likeness (QED) is 0.827. The number of aromatic nitrogens is 1. The fourth-order valence-electron chi connectivity index (χ4n) is 1.36. The van der Waals surface area contributed by atoms with Gasteiger partial charge in [0.1, 0.15) is 0 Å². The van der Waals surface area contributed by atoms with Gasteiger partial charge in [0.2, 0.25) is 10.0 Å². The van der Waals surface area contributed by atoms with E-state index < -0.39 is 10.0 Å². The molecule has 0 radical (unpaired) electrons. The van der Waals surface area contributed by atoms with Crippen molar-refractivity contribution >= 4 is 32.6 Å². The van der Waals surface area contributed by atoms with E-state index in [1.165, 1.54) is 0 Å². The Balaban J connectivity index is 2.10. The highest BCUT2D eigenvalue weighted by atomic mass is 127. The molecule has 0 fully saturated rings. The molecule has 2 aromatic rings. The first kappa shape index (κ1) is 13.5. The second-order valence-electron chi connectivity index (χ2n) is 3.71. The van der Waals surface area contributed by atoms with E-state index in [1.54, 1.807) is 37.3 Å². The zero-order valence-corrected chi connectivity index (χ0v) is 12.5. The summed E-state index contributed by atoms with van der Waals surface area (Å²) in [4.78, 5) is 0.235. The molecule has 0 unspecified atom stereocenters. The number of nitrogens with one attached hydrogen (secondary N) is 1. The van der Waals surface area contributed by atoms with Crippen LogP contribution < -0.4 is 4.72 Å². The van der Waals surface area contributed by atoms with Crippen LogP contribution in [0.25, 0.3) is 0 Å². The number of nitrogens with zero attached hydrogens (tertiary/aromatic N) is 1. The lowest BCUT2D eigenvalue weighted by molar-refractivity contribution is 0.377. The SMILES string of the molecule is Cc1cc(CNS(=O)(=O)c2ccc(I)cc2)on1. The summed E-state index contributed by atoms with van der Waals surface area (Å²) in [6.45, 7) is 1.87. The summed E-state index contributed by atoms with van der Waals surface area (Å²) < 4.78 is 32.3. The molecule has 0 bridgehead atoms. The van der Waals surface area contributed by atoms with E-state index in [1.807, 2.05) is 0 Å². The normalized spacial score (nSPS) is 11.7. The number of sulfonamides is 1. The van der Waals surface area contributed by atoms with Crippen LogP contribution in [0.3, 0.4) is 0 Å². The second-order valence-corrected chi connectivity index (χ2v) is 6.73. The van der Waals surface area contributed by atoms with E-state index in [-0.39, 0.29) is 11.4 Å². The number of aryl methyl sites for hydroxylation is 1. The van der Waals surface area contributed by atoms with Crippen molar-refractivity contribution in [1.29, 1.82) is 0 Å². The number of hydrogen-bond donors (Lipinski definition) is 1. The molecule has 18 heavy (non-hydrogen) atoms. The molecule has 96 valence electrons. The summed E-state index contributed by atoms with van der Waals surface area (Å²) in [5, 5.41) is 3.69. The second kappa shape index (κ2) is 5.37. The van der Waals surface area contributed by atoms with Crippen LogP contribution in [0.15, 0.2) is 39.8 Å². The minimum atomic E-state index is -3.51. The highest BCUT2D eigenvalue weighted by Gasteiger charge is 2.14. The van der Waals surface area contributed by atoms with E-state index in [0.717, 1.165) is 9.26 Å². The van der Waals surface area contributed by atoms with Crippen LogP contribution in [-0.2, 0) is 16.6 Å². The molecule has 0 aliphatic carbocycles. The van der Waals surface area contributed by atoms with E-state index in [0.29, 0.717) is 5.76 Å². The first-order valence-corrected chi connectivity index (χ1v) is 7.71. The zero-order chi connectivity index (χ0) is 13.2. The molecule has 0 spiro atoms. The Bertz CT molecular complexity index is 635. The molecule has 0 atom stereocenters. The lowest BCUT2D eigenvalue weighted by Crippen LogP contribution is -2.22. The predicted octanol–water partition coefficient (Wildman–Crippen LogP) is 2.07. The Morgan fingerprint density at radius 3 is 2.56 bits per heavy atom. The van der Waals surface area contributed by atoms with Crippen LogP contribution in [0.5, 0.6) is 0 Å². The fraction of sp³-hybridized carbons (Fsp3) is 0.182. The number of benzene rings is 1. The summed E-state index contributed by atoms with van der Waals surface area (Å²) in [7, 11) is -3.51. The molecule has 1 N–H and O–H groups in total. The lowest BCUT2D eigenvalue weighted by Gasteiger charge is -2.04. The molecule has 1 heterocycles. The van der Waals surface area contributed by atoms with E-state index in [2.05, 4.69) is 32.5 Å². The highest BCUT2D eigenvalue weighted by molar-refractivity contribution is 14.1. The average molecular weight is 378 g/mol. The van der Waals surface area contributed by atoms with Gasteiger partial charge in [0.05, 0.1) is 17.1 Å². The van der Waals surface area contributed by atoms with Gasteiger partial charge >= 0.3 is 0 Å². The van der Waals surface area contributed by atoms with Crippen LogP contribution in [0.4, 0.5) is 0 Å². The van der Waals surface area contributed by atoms with Crippen molar-refractivity contribution in [1.82, 2.24) is 9.88 Å². The summed E-state index contributed by atoms with van der Waals surface area (Å²) in [6, 6.07) is 8.31.